The number of hydrogen-bond donors (Lipinski definition) is 2. The molecule has 0 heterocycles. The number of ether oxygens (including phenoxy) is 2. The van der Waals surface area contributed by atoms with Gasteiger partial charge in [0, 0.05) is 31.4 Å². The molecule has 4 rings (SSSR count). The molecule has 0 aliphatic carbocycles. The summed E-state index contributed by atoms with van der Waals surface area (Å²) in [5.41, 5.74) is 1.15. The molecular formula is C25H20O6. The first-order valence-corrected chi connectivity index (χ1v) is 9.68. The molecule has 6 nitrogen and oxygen atoms in total. The molecule has 4 aromatic rings. The standard InChI is InChI=1S/C25H20O6/c1-14(26)30-18-7-3-16-5-9-24(28)22(20(16)11-18)13-23-21-12-19(31-15(2)27)8-4-17(21)6-10-25(23)29/h3-12,28-29H,13H2,1-2H3. The molecule has 0 aliphatic heterocycles. The summed E-state index contributed by atoms with van der Waals surface area (Å²) < 4.78 is 10.4. The first-order valence-electron chi connectivity index (χ1n) is 9.68. The van der Waals surface area contributed by atoms with Gasteiger partial charge >= 0.3 is 11.9 Å². The minimum Gasteiger partial charge on any atom is -0.508 e. The zero-order chi connectivity index (χ0) is 22.1. The highest BCUT2D eigenvalue weighted by molar-refractivity contribution is 5.93. The summed E-state index contributed by atoms with van der Waals surface area (Å²) in [6, 6.07) is 17.1. The number of hydrogen-bond acceptors (Lipinski definition) is 6. The second-order valence-electron chi connectivity index (χ2n) is 7.26. The van der Waals surface area contributed by atoms with E-state index in [1.807, 2.05) is 0 Å². The van der Waals surface area contributed by atoms with Gasteiger partial charge in [0.15, 0.2) is 0 Å². The lowest BCUT2D eigenvalue weighted by Crippen LogP contribution is -2.02. The van der Waals surface area contributed by atoms with Crippen LogP contribution >= 0.6 is 0 Å². The van der Waals surface area contributed by atoms with Crippen LogP contribution in [-0.2, 0) is 16.0 Å². The Hall–Kier alpha value is -4.06. The van der Waals surface area contributed by atoms with E-state index in [0.717, 1.165) is 10.8 Å². The van der Waals surface area contributed by atoms with Gasteiger partial charge in [-0.3, -0.25) is 9.59 Å². The first kappa shape index (κ1) is 20.2. The fourth-order valence-electron chi connectivity index (χ4n) is 3.71. The lowest BCUT2D eigenvalue weighted by Gasteiger charge is -2.14. The van der Waals surface area contributed by atoms with Crippen LogP contribution in [0.5, 0.6) is 23.0 Å². The average molecular weight is 416 g/mol. The maximum absolute atomic E-state index is 11.4. The topological polar surface area (TPSA) is 93.1 Å². The second-order valence-corrected chi connectivity index (χ2v) is 7.26. The van der Waals surface area contributed by atoms with Crippen LogP contribution in [0, 0.1) is 0 Å². The van der Waals surface area contributed by atoms with Crippen molar-refractivity contribution in [3.05, 3.63) is 71.8 Å². The van der Waals surface area contributed by atoms with E-state index in [4.69, 9.17) is 9.47 Å². The third-order valence-corrected chi connectivity index (χ3v) is 5.04. The minimum absolute atomic E-state index is 0.0556. The molecule has 0 atom stereocenters. The van der Waals surface area contributed by atoms with Gasteiger partial charge in [-0.2, -0.15) is 0 Å². The molecule has 0 unspecified atom stereocenters. The number of aromatic hydroxyl groups is 2. The van der Waals surface area contributed by atoms with Gasteiger partial charge in [-0.25, -0.2) is 0 Å². The summed E-state index contributed by atoms with van der Waals surface area (Å²) in [5, 5.41) is 24.3. The maximum atomic E-state index is 11.4. The molecule has 2 N–H and O–H groups in total. The van der Waals surface area contributed by atoms with E-state index in [-0.39, 0.29) is 17.9 Å². The van der Waals surface area contributed by atoms with Crippen molar-refractivity contribution in [1.82, 2.24) is 0 Å². The largest absolute Gasteiger partial charge is 0.508 e. The summed E-state index contributed by atoms with van der Waals surface area (Å²) in [6.45, 7) is 2.64. The number of carbonyl (C=O) groups excluding carboxylic acids is 2. The first-order chi connectivity index (χ1) is 14.8. The van der Waals surface area contributed by atoms with E-state index in [9.17, 15) is 19.8 Å². The third kappa shape index (κ3) is 4.14. The number of phenols is 2. The highest BCUT2D eigenvalue weighted by Gasteiger charge is 2.15. The van der Waals surface area contributed by atoms with E-state index < -0.39 is 11.9 Å². The molecule has 0 fully saturated rings. The Morgan fingerprint density at radius 2 is 1.06 bits per heavy atom. The van der Waals surface area contributed by atoms with Crippen LogP contribution in [0.4, 0.5) is 0 Å². The molecule has 0 bridgehead atoms. The van der Waals surface area contributed by atoms with E-state index >= 15 is 0 Å². The number of benzene rings is 4. The van der Waals surface area contributed by atoms with Gasteiger partial charge in [0.25, 0.3) is 0 Å². The van der Waals surface area contributed by atoms with Gasteiger partial charge in [0.2, 0.25) is 0 Å². The molecule has 0 saturated heterocycles. The summed E-state index contributed by atoms with van der Waals surface area (Å²) in [5.74, 6) is -0.0335. The lowest BCUT2D eigenvalue weighted by molar-refractivity contribution is -0.132. The number of phenolic OH excluding ortho intramolecular Hbond substituents is 2. The molecule has 0 radical (unpaired) electrons. The molecule has 0 aromatic heterocycles. The van der Waals surface area contributed by atoms with Crippen LogP contribution < -0.4 is 9.47 Å². The predicted octanol–water partition coefficient (Wildman–Crippen LogP) is 4.85. The Balaban J connectivity index is 1.88. The molecule has 0 aliphatic rings. The van der Waals surface area contributed by atoms with Gasteiger partial charge in [-0.05, 0) is 57.9 Å². The SMILES string of the molecule is CC(=O)Oc1ccc2ccc(O)c(Cc3c(O)ccc4ccc(OC(C)=O)cc34)c2c1. The van der Waals surface area contributed by atoms with Crippen LogP contribution in [0.1, 0.15) is 25.0 Å². The Kier molecular flexibility index (Phi) is 5.21. The van der Waals surface area contributed by atoms with Crippen LogP contribution in [-0.4, -0.2) is 22.2 Å². The maximum Gasteiger partial charge on any atom is 0.308 e. The predicted molar refractivity (Wildman–Crippen MR) is 117 cm³/mol. The van der Waals surface area contributed by atoms with Crippen molar-refractivity contribution in [2.24, 2.45) is 0 Å². The van der Waals surface area contributed by atoms with Gasteiger partial charge < -0.3 is 19.7 Å². The number of fused-ring (bicyclic) bond motifs is 2. The summed E-state index contributed by atoms with van der Waals surface area (Å²) in [7, 11) is 0. The van der Waals surface area contributed by atoms with Crippen molar-refractivity contribution in [2.75, 3.05) is 0 Å². The fourth-order valence-corrected chi connectivity index (χ4v) is 3.71. The summed E-state index contributed by atoms with van der Waals surface area (Å²) in [6.07, 6.45) is 0.208. The van der Waals surface area contributed by atoms with Crippen LogP contribution in [0.15, 0.2) is 60.7 Å². The summed E-state index contributed by atoms with van der Waals surface area (Å²) in [4.78, 5) is 22.7. The number of rotatable bonds is 4. The Morgan fingerprint density at radius 3 is 1.45 bits per heavy atom. The monoisotopic (exact) mass is 416 g/mol. The second kappa shape index (κ2) is 7.99. The Morgan fingerprint density at radius 1 is 0.677 bits per heavy atom. The lowest BCUT2D eigenvalue weighted by atomic mass is 9.93. The molecule has 0 spiro atoms. The highest BCUT2D eigenvalue weighted by Crippen LogP contribution is 2.37. The molecular weight excluding hydrogens is 396 g/mol. The van der Waals surface area contributed by atoms with E-state index in [2.05, 4.69) is 0 Å². The van der Waals surface area contributed by atoms with Crippen molar-refractivity contribution in [3.8, 4) is 23.0 Å². The van der Waals surface area contributed by atoms with E-state index in [0.29, 0.717) is 33.4 Å². The van der Waals surface area contributed by atoms with Crippen molar-refractivity contribution < 1.29 is 29.3 Å². The van der Waals surface area contributed by atoms with Gasteiger partial charge in [0.1, 0.15) is 23.0 Å². The van der Waals surface area contributed by atoms with Gasteiger partial charge in [0.05, 0.1) is 0 Å². The zero-order valence-corrected chi connectivity index (χ0v) is 17.0. The quantitative estimate of drug-likeness (QED) is 0.365. The van der Waals surface area contributed by atoms with Crippen LogP contribution in [0.2, 0.25) is 0 Å². The minimum atomic E-state index is -0.439. The van der Waals surface area contributed by atoms with Crippen molar-refractivity contribution >= 4 is 33.5 Å². The molecule has 31 heavy (non-hydrogen) atoms. The summed E-state index contributed by atoms with van der Waals surface area (Å²) >= 11 is 0. The van der Waals surface area contributed by atoms with Gasteiger partial charge in [-0.15, -0.1) is 0 Å². The highest BCUT2D eigenvalue weighted by atomic mass is 16.5. The molecule has 4 aromatic carbocycles. The Labute approximate surface area is 178 Å². The van der Waals surface area contributed by atoms with Crippen molar-refractivity contribution in [2.45, 2.75) is 20.3 Å². The Bertz CT molecular complexity index is 1240. The van der Waals surface area contributed by atoms with E-state index in [1.54, 1.807) is 60.7 Å². The van der Waals surface area contributed by atoms with Crippen molar-refractivity contribution in [3.63, 3.8) is 0 Å². The van der Waals surface area contributed by atoms with Crippen molar-refractivity contribution in [1.29, 1.82) is 0 Å². The third-order valence-electron chi connectivity index (χ3n) is 5.04. The molecule has 6 heteroatoms. The molecule has 156 valence electrons. The molecule has 0 saturated carbocycles. The zero-order valence-electron chi connectivity index (χ0n) is 17.0. The average Bonchev–Trinajstić information content (AvgIpc) is 2.71. The number of esters is 2. The van der Waals surface area contributed by atoms with Crippen LogP contribution in [0.25, 0.3) is 21.5 Å². The van der Waals surface area contributed by atoms with Gasteiger partial charge in [-0.1, -0.05) is 24.3 Å². The number of carbonyl (C=O) groups is 2. The normalized spacial score (nSPS) is 10.9. The fraction of sp³-hybridized carbons (Fsp3) is 0.120. The molecule has 0 amide bonds. The van der Waals surface area contributed by atoms with Crippen LogP contribution in [0.3, 0.4) is 0 Å². The van der Waals surface area contributed by atoms with E-state index in [1.165, 1.54) is 13.8 Å². The smallest absolute Gasteiger partial charge is 0.308 e.